The summed E-state index contributed by atoms with van der Waals surface area (Å²) in [5.74, 6) is 0. The van der Waals surface area contributed by atoms with Crippen molar-refractivity contribution in [3.8, 4) is 0 Å². The molecule has 144 valence electrons. The molecule has 2 heteroatoms. The molecule has 0 bridgehead atoms. The van der Waals surface area contributed by atoms with Crippen LogP contribution in [0.2, 0.25) is 0 Å². The van der Waals surface area contributed by atoms with Gasteiger partial charge in [-0.2, -0.15) is 0 Å². The highest BCUT2D eigenvalue weighted by Gasteiger charge is 2.20. The third-order valence-corrected chi connectivity index (χ3v) is 4.81. The molecule has 0 aromatic heterocycles. The SMILES string of the molecule is C=CCc1cccc(C(OCCC(C)(C)OC)c2cccc(CC=C)c2)c1. The molecule has 0 saturated carbocycles. The summed E-state index contributed by atoms with van der Waals surface area (Å²) >= 11 is 0. The van der Waals surface area contributed by atoms with Crippen molar-refractivity contribution >= 4 is 0 Å². The molecule has 0 aliphatic rings. The van der Waals surface area contributed by atoms with Crippen LogP contribution in [0.4, 0.5) is 0 Å². The first-order valence-electron chi connectivity index (χ1n) is 9.55. The summed E-state index contributed by atoms with van der Waals surface area (Å²) in [4.78, 5) is 0. The van der Waals surface area contributed by atoms with Gasteiger partial charge in [-0.3, -0.25) is 0 Å². The lowest BCUT2D eigenvalue weighted by Crippen LogP contribution is -2.25. The normalized spacial score (nSPS) is 11.6. The second-order valence-electron chi connectivity index (χ2n) is 7.44. The first-order valence-corrected chi connectivity index (χ1v) is 9.55. The number of rotatable bonds is 11. The largest absolute Gasteiger partial charge is 0.379 e. The Bertz CT molecular complexity index is 692. The van der Waals surface area contributed by atoms with Crippen molar-refractivity contribution in [1.82, 2.24) is 0 Å². The molecule has 2 nitrogen and oxygen atoms in total. The van der Waals surface area contributed by atoms with Crippen LogP contribution < -0.4 is 0 Å². The van der Waals surface area contributed by atoms with E-state index in [0.717, 1.165) is 19.3 Å². The van der Waals surface area contributed by atoms with Gasteiger partial charge in [0.2, 0.25) is 0 Å². The summed E-state index contributed by atoms with van der Waals surface area (Å²) in [5.41, 5.74) is 4.63. The predicted molar refractivity (Wildman–Crippen MR) is 114 cm³/mol. The van der Waals surface area contributed by atoms with Gasteiger partial charge in [0.05, 0.1) is 12.2 Å². The van der Waals surface area contributed by atoms with Crippen LogP contribution in [0.5, 0.6) is 0 Å². The summed E-state index contributed by atoms with van der Waals surface area (Å²) < 4.78 is 11.9. The molecule has 0 aliphatic carbocycles. The lowest BCUT2D eigenvalue weighted by Gasteiger charge is -2.25. The van der Waals surface area contributed by atoms with E-state index in [0.29, 0.717) is 6.61 Å². The third kappa shape index (κ3) is 6.50. The molecule has 2 aromatic rings. The van der Waals surface area contributed by atoms with Gasteiger partial charge < -0.3 is 9.47 Å². The summed E-state index contributed by atoms with van der Waals surface area (Å²) in [6.45, 7) is 12.5. The molecule has 0 aliphatic heterocycles. The molecule has 0 amide bonds. The Kier molecular flexibility index (Phi) is 8.02. The fourth-order valence-corrected chi connectivity index (χ4v) is 3.01. The second kappa shape index (κ2) is 10.2. The van der Waals surface area contributed by atoms with E-state index in [-0.39, 0.29) is 11.7 Å². The van der Waals surface area contributed by atoms with Gasteiger partial charge in [-0.05, 0) is 55.4 Å². The van der Waals surface area contributed by atoms with Gasteiger partial charge in [0, 0.05) is 7.11 Å². The molecule has 0 fully saturated rings. The Morgan fingerprint density at radius 3 is 1.89 bits per heavy atom. The monoisotopic (exact) mass is 364 g/mol. The van der Waals surface area contributed by atoms with E-state index < -0.39 is 0 Å². The average molecular weight is 365 g/mol. The Morgan fingerprint density at radius 2 is 1.44 bits per heavy atom. The third-order valence-electron chi connectivity index (χ3n) is 4.81. The molecule has 0 saturated heterocycles. The maximum atomic E-state index is 6.39. The van der Waals surface area contributed by atoms with Crippen LogP contribution in [0.15, 0.2) is 73.8 Å². The Hall–Kier alpha value is -2.16. The highest BCUT2D eigenvalue weighted by Crippen LogP contribution is 2.29. The van der Waals surface area contributed by atoms with Gasteiger partial charge in [0.15, 0.2) is 0 Å². The summed E-state index contributed by atoms with van der Waals surface area (Å²) in [7, 11) is 1.75. The van der Waals surface area contributed by atoms with Crippen molar-refractivity contribution in [2.24, 2.45) is 0 Å². The molecular weight excluding hydrogens is 332 g/mol. The van der Waals surface area contributed by atoms with E-state index in [4.69, 9.17) is 9.47 Å². The van der Waals surface area contributed by atoms with Crippen LogP contribution in [0, 0.1) is 0 Å². The van der Waals surface area contributed by atoms with Crippen LogP contribution in [0.3, 0.4) is 0 Å². The van der Waals surface area contributed by atoms with Gasteiger partial charge in [0.1, 0.15) is 6.10 Å². The fraction of sp³-hybridized carbons (Fsp3) is 0.360. The first-order chi connectivity index (χ1) is 13.0. The minimum Gasteiger partial charge on any atom is -0.379 e. The van der Waals surface area contributed by atoms with Crippen molar-refractivity contribution in [3.63, 3.8) is 0 Å². The minimum absolute atomic E-state index is 0.104. The number of benzene rings is 2. The summed E-state index contributed by atoms with van der Waals surface area (Å²) in [5, 5.41) is 0. The van der Waals surface area contributed by atoms with E-state index in [9.17, 15) is 0 Å². The molecule has 2 rings (SSSR count). The van der Waals surface area contributed by atoms with E-state index in [1.807, 2.05) is 12.2 Å². The standard InChI is InChI=1S/C25H32O2/c1-6-10-20-12-8-14-22(18-20)24(27-17-16-25(3,4)26-5)23-15-9-13-21(19-23)11-7-2/h6-9,12-15,18-19,24H,1-2,10-11,16-17H2,3-5H3. The quantitative estimate of drug-likeness (QED) is 0.451. The van der Waals surface area contributed by atoms with Crippen molar-refractivity contribution in [3.05, 3.63) is 96.1 Å². The lowest BCUT2D eigenvalue weighted by molar-refractivity contribution is -0.0203. The van der Waals surface area contributed by atoms with Crippen LogP contribution in [-0.4, -0.2) is 19.3 Å². The molecular formula is C25H32O2. The fourth-order valence-electron chi connectivity index (χ4n) is 3.01. The molecule has 2 aromatic carbocycles. The number of methoxy groups -OCH3 is 1. The molecule has 27 heavy (non-hydrogen) atoms. The number of hydrogen-bond donors (Lipinski definition) is 0. The second-order valence-corrected chi connectivity index (χ2v) is 7.44. The molecule has 0 atom stereocenters. The Labute approximate surface area is 164 Å². The molecule has 0 heterocycles. The topological polar surface area (TPSA) is 18.5 Å². The van der Waals surface area contributed by atoms with Gasteiger partial charge in [-0.15, -0.1) is 13.2 Å². The lowest BCUT2D eigenvalue weighted by atomic mass is 9.96. The summed E-state index contributed by atoms with van der Waals surface area (Å²) in [6, 6.07) is 17.2. The number of hydrogen-bond acceptors (Lipinski definition) is 2. The van der Waals surface area contributed by atoms with Crippen molar-refractivity contribution in [1.29, 1.82) is 0 Å². The zero-order valence-corrected chi connectivity index (χ0v) is 16.9. The predicted octanol–water partition coefficient (Wildman–Crippen LogP) is 6.06. The highest BCUT2D eigenvalue weighted by molar-refractivity contribution is 5.36. The van der Waals surface area contributed by atoms with E-state index >= 15 is 0 Å². The van der Waals surface area contributed by atoms with Gasteiger partial charge in [-0.25, -0.2) is 0 Å². The van der Waals surface area contributed by atoms with Crippen LogP contribution in [0.25, 0.3) is 0 Å². The molecule has 0 spiro atoms. The van der Waals surface area contributed by atoms with Gasteiger partial charge in [0.25, 0.3) is 0 Å². The molecule has 0 unspecified atom stereocenters. The molecule has 0 radical (unpaired) electrons. The summed E-state index contributed by atoms with van der Waals surface area (Å²) in [6.07, 6.45) is 6.30. The van der Waals surface area contributed by atoms with E-state index in [2.05, 4.69) is 75.5 Å². The maximum Gasteiger partial charge on any atom is 0.108 e. The molecule has 0 N–H and O–H groups in total. The Morgan fingerprint density at radius 1 is 0.926 bits per heavy atom. The highest BCUT2D eigenvalue weighted by atomic mass is 16.5. The maximum absolute atomic E-state index is 6.39. The van der Waals surface area contributed by atoms with E-state index in [1.165, 1.54) is 22.3 Å². The number of ether oxygens (including phenoxy) is 2. The van der Waals surface area contributed by atoms with E-state index in [1.54, 1.807) is 7.11 Å². The van der Waals surface area contributed by atoms with Crippen LogP contribution in [-0.2, 0) is 22.3 Å². The zero-order chi connectivity index (χ0) is 19.7. The van der Waals surface area contributed by atoms with Gasteiger partial charge >= 0.3 is 0 Å². The van der Waals surface area contributed by atoms with Crippen molar-refractivity contribution in [2.75, 3.05) is 13.7 Å². The van der Waals surface area contributed by atoms with Crippen molar-refractivity contribution < 1.29 is 9.47 Å². The van der Waals surface area contributed by atoms with Crippen molar-refractivity contribution in [2.45, 2.75) is 44.8 Å². The smallest absolute Gasteiger partial charge is 0.108 e. The van der Waals surface area contributed by atoms with Crippen LogP contribution >= 0.6 is 0 Å². The zero-order valence-electron chi connectivity index (χ0n) is 16.9. The van der Waals surface area contributed by atoms with Crippen LogP contribution in [0.1, 0.15) is 48.6 Å². The van der Waals surface area contributed by atoms with Gasteiger partial charge in [-0.1, -0.05) is 60.7 Å². The average Bonchev–Trinajstić information content (AvgIpc) is 2.66. The number of allylic oxidation sites excluding steroid dienone is 2. The Balaban J connectivity index is 2.30. The first kappa shape index (κ1) is 21.1. The minimum atomic E-state index is -0.195.